The Morgan fingerprint density at radius 2 is 1.95 bits per heavy atom. The molecule has 0 fully saturated rings. The summed E-state index contributed by atoms with van der Waals surface area (Å²) in [6.45, 7) is -1.82. The van der Waals surface area contributed by atoms with Crippen molar-refractivity contribution in [3.05, 3.63) is 18.1 Å². The Kier molecular flexibility index (Phi) is 5.43. The highest BCUT2D eigenvalue weighted by molar-refractivity contribution is 5.20. The minimum atomic E-state index is -4.20. The number of methoxy groups -OCH3 is 1. The molecule has 0 saturated carbocycles. The first-order valence-electron chi connectivity index (χ1n) is 5.22. The summed E-state index contributed by atoms with van der Waals surface area (Å²) in [4.78, 5) is 7.69. The Morgan fingerprint density at radius 1 is 1.32 bits per heavy atom. The van der Waals surface area contributed by atoms with Crippen molar-refractivity contribution in [3.8, 4) is 5.88 Å². The van der Waals surface area contributed by atoms with Crippen LogP contribution in [0.15, 0.2) is 12.4 Å². The maximum Gasteiger partial charge on any atom is 0.330 e. The van der Waals surface area contributed by atoms with Gasteiger partial charge in [0.1, 0.15) is 12.3 Å². The van der Waals surface area contributed by atoms with Gasteiger partial charge >= 0.3 is 12.3 Å². The van der Waals surface area contributed by atoms with Gasteiger partial charge in [-0.25, -0.2) is 13.8 Å². The van der Waals surface area contributed by atoms with Gasteiger partial charge in [0.25, 0.3) is 0 Å². The van der Waals surface area contributed by atoms with Crippen molar-refractivity contribution in [1.29, 1.82) is 0 Å². The third-order valence-corrected chi connectivity index (χ3v) is 2.15. The van der Waals surface area contributed by atoms with E-state index in [1.54, 1.807) is 0 Å². The number of rotatable bonds is 7. The largest absolute Gasteiger partial charge is 0.480 e. The van der Waals surface area contributed by atoms with Crippen LogP contribution in [-0.2, 0) is 4.74 Å². The van der Waals surface area contributed by atoms with E-state index in [1.807, 2.05) is 0 Å². The second-order valence-corrected chi connectivity index (χ2v) is 3.63. The molecule has 0 aliphatic heterocycles. The summed E-state index contributed by atoms with van der Waals surface area (Å²) in [5.41, 5.74) is 5.84. The van der Waals surface area contributed by atoms with Gasteiger partial charge < -0.3 is 15.2 Å². The molecular formula is C10H13F4N3O2. The quantitative estimate of drug-likeness (QED) is 0.766. The monoisotopic (exact) mass is 283 g/mol. The molecule has 1 unspecified atom stereocenters. The van der Waals surface area contributed by atoms with Crippen molar-refractivity contribution in [2.24, 2.45) is 5.73 Å². The summed E-state index contributed by atoms with van der Waals surface area (Å²) in [5, 5.41) is 0. The summed E-state index contributed by atoms with van der Waals surface area (Å²) in [6, 6.07) is -0.905. The zero-order chi connectivity index (χ0) is 14.5. The topological polar surface area (TPSA) is 70.3 Å². The standard InChI is InChI=1S/C10H13F4N3O2/c1-18-8-7(16-2-3-17-8)6(15)4-19-5-10(13,14)9(11)12/h2-3,6,9H,4-5,15H2,1H3. The molecule has 9 heteroatoms. The number of halogens is 4. The van der Waals surface area contributed by atoms with Crippen LogP contribution in [0.5, 0.6) is 5.88 Å². The fourth-order valence-electron chi connectivity index (χ4n) is 1.21. The van der Waals surface area contributed by atoms with Crippen LogP contribution in [0.3, 0.4) is 0 Å². The molecule has 0 spiro atoms. The first kappa shape index (κ1) is 15.6. The van der Waals surface area contributed by atoms with E-state index < -0.39 is 31.6 Å². The van der Waals surface area contributed by atoms with Gasteiger partial charge in [0.2, 0.25) is 5.88 Å². The van der Waals surface area contributed by atoms with Crippen LogP contribution in [0.2, 0.25) is 0 Å². The van der Waals surface area contributed by atoms with E-state index in [4.69, 9.17) is 10.5 Å². The van der Waals surface area contributed by atoms with E-state index in [9.17, 15) is 17.6 Å². The highest BCUT2D eigenvalue weighted by atomic mass is 19.3. The molecule has 19 heavy (non-hydrogen) atoms. The van der Waals surface area contributed by atoms with E-state index in [0.717, 1.165) is 0 Å². The molecule has 1 heterocycles. The molecule has 1 rings (SSSR count). The average Bonchev–Trinajstić information content (AvgIpc) is 2.38. The molecule has 0 amide bonds. The van der Waals surface area contributed by atoms with Crippen molar-refractivity contribution in [1.82, 2.24) is 9.97 Å². The summed E-state index contributed by atoms with van der Waals surface area (Å²) in [5.74, 6) is -4.08. The van der Waals surface area contributed by atoms with Crippen molar-refractivity contribution >= 4 is 0 Å². The highest BCUT2D eigenvalue weighted by Crippen LogP contribution is 2.24. The predicted octanol–water partition coefficient (Wildman–Crippen LogP) is 1.40. The fraction of sp³-hybridized carbons (Fsp3) is 0.600. The Labute approximate surface area is 106 Å². The normalized spacial score (nSPS) is 13.6. The zero-order valence-corrected chi connectivity index (χ0v) is 10.0. The first-order valence-corrected chi connectivity index (χ1v) is 5.22. The maximum atomic E-state index is 12.6. The number of hydrogen-bond donors (Lipinski definition) is 1. The van der Waals surface area contributed by atoms with Gasteiger partial charge in [0.05, 0.1) is 19.8 Å². The Bertz CT molecular complexity index is 406. The van der Waals surface area contributed by atoms with Crippen molar-refractivity contribution in [3.63, 3.8) is 0 Å². The molecule has 1 aromatic heterocycles. The van der Waals surface area contributed by atoms with Gasteiger partial charge in [-0.3, -0.25) is 4.98 Å². The van der Waals surface area contributed by atoms with E-state index in [-0.39, 0.29) is 11.6 Å². The van der Waals surface area contributed by atoms with Crippen LogP contribution in [0.1, 0.15) is 11.7 Å². The van der Waals surface area contributed by atoms with Gasteiger partial charge in [0, 0.05) is 12.4 Å². The number of nitrogens with two attached hydrogens (primary N) is 1. The van der Waals surface area contributed by atoms with Gasteiger partial charge in [-0.2, -0.15) is 8.78 Å². The summed E-state index contributed by atoms with van der Waals surface area (Å²) in [6.07, 6.45) is -1.08. The van der Waals surface area contributed by atoms with Crippen molar-refractivity contribution < 1.29 is 27.0 Å². The van der Waals surface area contributed by atoms with Crippen LogP contribution >= 0.6 is 0 Å². The molecule has 0 saturated heterocycles. The molecule has 0 bridgehead atoms. The minimum absolute atomic E-state index is 0.124. The minimum Gasteiger partial charge on any atom is -0.480 e. The molecule has 5 nitrogen and oxygen atoms in total. The fourth-order valence-corrected chi connectivity index (χ4v) is 1.21. The molecule has 0 radical (unpaired) electrons. The van der Waals surface area contributed by atoms with Crippen LogP contribution < -0.4 is 10.5 Å². The lowest BCUT2D eigenvalue weighted by molar-refractivity contribution is -0.166. The van der Waals surface area contributed by atoms with E-state index in [2.05, 4.69) is 14.7 Å². The second kappa shape index (κ2) is 6.62. The number of hydrogen-bond acceptors (Lipinski definition) is 5. The predicted molar refractivity (Wildman–Crippen MR) is 57.3 cm³/mol. The van der Waals surface area contributed by atoms with Crippen LogP contribution in [0.4, 0.5) is 17.6 Å². The first-order chi connectivity index (χ1) is 8.88. The third-order valence-electron chi connectivity index (χ3n) is 2.15. The molecule has 1 aromatic rings. The lowest BCUT2D eigenvalue weighted by atomic mass is 10.2. The number of ether oxygens (including phenoxy) is 2. The summed E-state index contributed by atoms with van der Waals surface area (Å²) < 4.78 is 58.3. The summed E-state index contributed by atoms with van der Waals surface area (Å²) >= 11 is 0. The van der Waals surface area contributed by atoms with E-state index in [1.165, 1.54) is 19.5 Å². The van der Waals surface area contributed by atoms with Gasteiger partial charge in [0.15, 0.2) is 0 Å². The van der Waals surface area contributed by atoms with Crippen LogP contribution in [-0.4, -0.2) is 42.6 Å². The van der Waals surface area contributed by atoms with Crippen molar-refractivity contribution in [2.75, 3.05) is 20.3 Å². The van der Waals surface area contributed by atoms with Gasteiger partial charge in [-0.1, -0.05) is 0 Å². The Hall–Kier alpha value is -1.48. The van der Waals surface area contributed by atoms with Gasteiger partial charge in [-0.05, 0) is 0 Å². The second-order valence-electron chi connectivity index (χ2n) is 3.63. The van der Waals surface area contributed by atoms with Crippen LogP contribution in [0.25, 0.3) is 0 Å². The van der Waals surface area contributed by atoms with E-state index >= 15 is 0 Å². The Morgan fingerprint density at radius 3 is 2.53 bits per heavy atom. The third kappa shape index (κ3) is 4.28. The molecule has 1 atom stereocenters. The zero-order valence-electron chi connectivity index (χ0n) is 10.0. The highest BCUT2D eigenvalue weighted by Gasteiger charge is 2.41. The lowest BCUT2D eigenvalue weighted by Gasteiger charge is -2.17. The molecule has 2 N–H and O–H groups in total. The Balaban J connectivity index is 2.54. The SMILES string of the molecule is COc1nccnc1C(N)COCC(F)(F)C(F)F. The molecule has 108 valence electrons. The van der Waals surface area contributed by atoms with E-state index in [0.29, 0.717) is 0 Å². The molecule has 0 aliphatic rings. The lowest BCUT2D eigenvalue weighted by Crippen LogP contribution is -2.33. The molecule has 0 aromatic carbocycles. The molecular weight excluding hydrogens is 270 g/mol. The van der Waals surface area contributed by atoms with Crippen LogP contribution in [0, 0.1) is 0 Å². The average molecular weight is 283 g/mol. The number of alkyl halides is 4. The van der Waals surface area contributed by atoms with Gasteiger partial charge in [-0.15, -0.1) is 0 Å². The smallest absolute Gasteiger partial charge is 0.330 e. The molecule has 0 aliphatic carbocycles. The maximum absolute atomic E-state index is 12.6. The van der Waals surface area contributed by atoms with Crippen molar-refractivity contribution in [2.45, 2.75) is 18.4 Å². The number of aromatic nitrogens is 2. The number of nitrogens with zero attached hydrogens (tertiary/aromatic N) is 2. The summed E-state index contributed by atoms with van der Waals surface area (Å²) in [7, 11) is 1.34.